The first-order chi connectivity index (χ1) is 11.1. The zero-order valence-corrected chi connectivity index (χ0v) is 13.9. The summed E-state index contributed by atoms with van der Waals surface area (Å²) in [6.45, 7) is 6.89. The van der Waals surface area contributed by atoms with E-state index >= 15 is 0 Å². The molecule has 1 amide bonds. The van der Waals surface area contributed by atoms with Gasteiger partial charge in [-0.2, -0.15) is 9.61 Å². The summed E-state index contributed by atoms with van der Waals surface area (Å²) in [7, 11) is 2.01. The molecule has 0 atom stereocenters. The largest absolute Gasteiger partial charge is 0.352 e. The molecule has 0 fully saturated rings. The summed E-state index contributed by atoms with van der Waals surface area (Å²) in [6, 6.07) is 0. The zero-order valence-electron chi connectivity index (χ0n) is 13.9. The van der Waals surface area contributed by atoms with E-state index in [0.717, 1.165) is 30.6 Å². The van der Waals surface area contributed by atoms with Gasteiger partial charge in [-0.15, -0.1) is 0 Å². The number of aromatic nitrogens is 3. The topological polar surface area (TPSA) is 71.6 Å². The van der Waals surface area contributed by atoms with Gasteiger partial charge in [0.25, 0.3) is 11.5 Å². The normalized spacial score (nSPS) is 14.9. The molecule has 23 heavy (non-hydrogen) atoms. The van der Waals surface area contributed by atoms with Crippen molar-refractivity contribution in [3.05, 3.63) is 33.4 Å². The molecule has 2 aromatic heterocycles. The van der Waals surface area contributed by atoms with Gasteiger partial charge in [0.15, 0.2) is 5.65 Å². The Morgan fingerprint density at radius 1 is 1.39 bits per heavy atom. The lowest BCUT2D eigenvalue weighted by molar-refractivity contribution is 0.0955. The Bertz CT molecular complexity index is 805. The van der Waals surface area contributed by atoms with Gasteiger partial charge < -0.3 is 14.8 Å². The van der Waals surface area contributed by atoms with E-state index in [2.05, 4.69) is 19.9 Å². The van der Waals surface area contributed by atoms with E-state index in [0.29, 0.717) is 30.8 Å². The number of carbonyl (C=O) groups excluding carboxylic acids is 1. The fraction of sp³-hybridized carbons (Fsp3) is 0.562. The SMILES string of the molecule is CCCNC(=O)c1cnn2c(=O)c3c(n(CC)c12)CCN(C)C3. The molecule has 0 radical (unpaired) electrons. The van der Waals surface area contributed by atoms with Gasteiger partial charge in [0.2, 0.25) is 0 Å². The third-order valence-corrected chi connectivity index (χ3v) is 4.38. The molecule has 1 N–H and O–H groups in total. The standard InChI is InChI=1S/C16H23N5O2/c1-4-7-17-14(22)11-9-18-21-15(11)20(5-2)13-6-8-19(3)10-12(13)16(21)23/h9H,4-8,10H2,1-3H3,(H,17,22). The predicted molar refractivity (Wildman–Crippen MR) is 87.8 cm³/mol. The van der Waals surface area contributed by atoms with Crippen LogP contribution in [0.3, 0.4) is 0 Å². The van der Waals surface area contributed by atoms with Crippen LogP contribution >= 0.6 is 0 Å². The minimum atomic E-state index is -0.170. The fourth-order valence-electron chi connectivity index (χ4n) is 3.22. The molecule has 3 rings (SSSR count). The van der Waals surface area contributed by atoms with Gasteiger partial charge in [-0.25, -0.2) is 0 Å². The first-order valence-corrected chi connectivity index (χ1v) is 8.17. The van der Waals surface area contributed by atoms with Crippen LogP contribution in [0.4, 0.5) is 0 Å². The highest BCUT2D eigenvalue weighted by molar-refractivity contribution is 5.99. The van der Waals surface area contributed by atoms with Crippen molar-refractivity contribution in [1.29, 1.82) is 0 Å². The van der Waals surface area contributed by atoms with Gasteiger partial charge in [0.05, 0.1) is 11.8 Å². The van der Waals surface area contributed by atoms with E-state index in [9.17, 15) is 9.59 Å². The zero-order chi connectivity index (χ0) is 16.6. The average Bonchev–Trinajstić information content (AvgIpc) is 2.99. The van der Waals surface area contributed by atoms with Crippen LogP contribution in [-0.4, -0.2) is 45.1 Å². The van der Waals surface area contributed by atoms with E-state index in [1.165, 1.54) is 10.7 Å². The van der Waals surface area contributed by atoms with Crippen molar-refractivity contribution in [3.63, 3.8) is 0 Å². The van der Waals surface area contributed by atoms with Crippen LogP contribution in [0.15, 0.2) is 11.0 Å². The lowest BCUT2D eigenvalue weighted by atomic mass is 10.1. The van der Waals surface area contributed by atoms with E-state index in [4.69, 9.17) is 0 Å². The maximum absolute atomic E-state index is 12.8. The fourth-order valence-corrected chi connectivity index (χ4v) is 3.22. The van der Waals surface area contributed by atoms with Crippen LogP contribution in [0.2, 0.25) is 0 Å². The lowest BCUT2D eigenvalue weighted by Gasteiger charge is -2.27. The Morgan fingerprint density at radius 2 is 2.17 bits per heavy atom. The van der Waals surface area contributed by atoms with Crippen molar-refractivity contribution in [2.45, 2.75) is 39.8 Å². The third-order valence-electron chi connectivity index (χ3n) is 4.38. The maximum atomic E-state index is 12.8. The molecule has 1 aliphatic rings. The first kappa shape index (κ1) is 15.7. The molecular formula is C16H23N5O2. The Labute approximate surface area is 134 Å². The summed E-state index contributed by atoms with van der Waals surface area (Å²) in [6.07, 6.45) is 3.18. The highest BCUT2D eigenvalue weighted by Gasteiger charge is 2.25. The number of hydrogen-bond acceptors (Lipinski definition) is 4. The van der Waals surface area contributed by atoms with Gasteiger partial charge in [0.1, 0.15) is 5.56 Å². The average molecular weight is 317 g/mol. The highest BCUT2D eigenvalue weighted by Crippen LogP contribution is 2.19. The number of nitrogens with one attached hydrogen (secondary N) is 1. The summed E-state index contributed by atoms with van der Waals surface area (Å²) < 4.78 is 3.44. The monoisotopic (exact) mass is 317 g/mol. The number of nitrogens with zero attached hydrogens (tertiary/aromatic N) is 4. The van der Waals surface area contributed by atoms with Crippen molar-refractivity contribution in [1.82, 2.24) is 24.4 Å². The van der Waals surface area contributed by atoms with Crippen LogP contribution in [0.1, 0.15) is 41.9 Å². The molecule has 0 spiro atoms. The van der Waals surface area contributed by atoms with Crippen LogP contribution in [0.5, 0.6) is 0 Å². The summed E-state index contributed by atoms with van der Waals surface area (Å²) >= 11 is 0. The molecule has 0 unspecified atom stereocenters. The number of fused-ring (bicyclic) bond motifs is 2. The molecule has 1 aliphatic heterocycles. The third kappa shape index (κ3) is 2.55. The smallest absolute Gasteiger partial charge is 0.279 e. The Hall–Kier alpha value is -2.15. The van der Waals surface area contributed by atoms with E-state index < -0.39 is 0 Å². The first-order valence-electron chi connectivity index (χ1n) is 8.17. The van der Waals surface area contributed by atoms with Crippen LogP contribution in [0, 0.1) is 0 Å². The predicted octanol–water partition coefficient (Wildman–Crippen LogP) is 0.644. The Kier molecular flexibility index (Phi) is 4.21. The van der Waals surface area contributed by atoms with Crippen molar-refractivity contribution in [3.8, 4) is 0 Å². The molecule has 3 heterocycles. The molecule has 7 heteroatoms. The van der Waals surface area contributed by atoms with Gasteiger partial charge in [-0.05, 0) is 20.4 Å². The summed E-state index contributed by atoms with van der Waals surface area (Å²) in [4.78, 5) is 27.3. The number of likely N-dealkylation sites (N-methyl/N-ethyl adjacent to an activating group) is 1. The van der Waals surface area contributed by atoms with E-state index in [1.807, 2.05) is 20.9 Å². The number of amides is 1. The van der Waals surface area contributed by atoms with E-state index in [-0.39, 0.29) is 11.5 Å². The lowest BCUT2D eigenvalue weighted by Crippen LogP contribution is -2.37. The van der Waals surface area contributed by atoms with Gasteiger partial charge in [0, 0.05) is 38.3 Å². The molecule has 2 aromatic rings. The van der Waals surface area contributed by atoms with Crippen LogP contribution in [0.25, 0.3) is 5.65 Å². The number of rotatable bonds is 4. The van der Waals surface area contributed by atoms with Crippen molar-refractivity contribution < 1.29 is 4.79 Å². The van der Waals surface area contributed by atoms with Crippen molar-refractivity contribution >= 4 is 11.6 Å². The highest BCUT2D eigenvalue weighted by atomic mass is 16.2. The van der Waals surface area contributed by atoms with Gasteiger partial charge in [-0.1, -0.05) is 6.92 Å². The van der Waals surface area contributed by atoms with Gasteiger partial charge in [-0.3, -0.25) is 9.59 Å². The summed E-state index contributed by atoms with van der Waals surface area (Å²) in [5.74, 6) is -0.170. The number of aryl methyl sites for hydroxylation is 1. The molecule has 7 nitrogen and oxygen atoms in total. The minimum absolute atomic E-state index is 0.110. The Balaban J connectivity index is 2.22. The second-order valence-electron chi connectivity index (χ2n) is 6.01. The number of hydrogen-bond donors (Lipinski definition) is 1. The van der Waals surface area contributed by atoms with Crippen LogP contribution in [-0.2, 0) is 19.5 Å². The molecular weight excluding hydrogens is 294 g/mol. The summed E-state index contributed by atoms with van der Waals surface area (Å²) in [5.41, 5.74) is 2.79. The molecule has 0 aliphatic carbocycles. The molecule has 0 aromatic carbocycles. The van der Waals surface area contributed by atoms with Crippen molar-refractivity contribution in [2.24, 2.45) is 0 Å². The molecule has 124 valence electrons. The maximum Gasteiger partial charge on any atom is 0.279 e. The van der Waals surface area contributed by atoms with Crippen LogP contribution < -0.4 is 10.9 Å². The minimum Gasteiger partial charge on any atom is -0.352 e. The number of carbonyl (C=O) groups is 1. The van der Waals surface area contributed by atoms with Crippen molar-refractivity contribution in [2.75, 3.05) is 20.1 Å². The molecule has 0 saturated carbocycles. The van der Waals surface area contributed by atoms with E-state index in [1.54, 1.807) is 0 Å². The Morgan fingerprint density at radius 3 is 2.87 bits per heavy atom. The second-order valence-corrected chi connectivity index (χ2v) is 6.01. The second kappa shape index (κ2) is 6.16. The van der Waals surface area contributed by atoms with Gasteiger partial charge >= 0.3 is 0 Å². The molecule has 0 saturated heterocycles. The summed E-state index contributed by atoms with van der Waals surface area (Å²) in [5, 5.41) is 7.06. The molecule has 0 bridgehead atoms. The quantitative estimate of drug-likeness (QED) is 0.898.